The van der Waals surface area contributed by atoms with Gasteiger partial charge >= 0.3 is 6.16 Å². The third-order valence-corrected chi connectivity index (χ3v) is 4.33. The standard InChI is InChI=1S/C20H27NO5/c1-2-3-4-5-6-7-9-16-11-13-18(22)21(16)15-8-10-17-12-14-19(25-17)26-20(23)24/h5-7,9,12,14,16H,2-4,8,10-11,13,15H2,1H3,(H,23,24)/b6-5+,9-7-/t16-/m0/s1. The van der Waals surface area contributed by atoms with Gasteiger partial charge in [-0.05, 0) is 25.3 Å². The Hall–Kier alpha value is -2.50. The molecule has 6 nitrogen and oxygen atoms in total. The van der Waals surface area contributed by atoms with Crippen molar-refractivity contribution in [2.45, 2.75) is 57.9 Å². The van der Waals surface area contributed by atoms with Gasteiger partial charge in [-0.3, -0.25) is 4.79 Å². The van der Waals surface area contributed by atoms with Gasteiger partial charge in [0.25, 0.3) is 5.95 Å². The van der Waals surface area contributed by atoms with Gasteiger partial charge in [0.1, 0.15) is 5.76 Å². The molecule has 1 amide bonds. The Morgan fingerprint density at radius 2 is 2.23 bits per heavy atom. The molecule has 1 aromatic rings. The molecule has 142 valence electrons. The molecular formula is C20H27NO5. The van der Waals surface area contributed by atoms with Gasteiger partial charge < -0.3 is 19.2 Å². The van der Waals surface area contributed by atoms with Crippen LogP contribution in [-0.2, 0) is 11.2 Å². The molecule has 1 aliphatic rings. The molecular weight excluding hydrogens is 334 g/mol. The van der Waals surface area contributed by atoms with Crippen LogP contribution in [0.15, 0.2) is 40.9 Å². The quantitative estimate of drug-likeness (QED) is 0.375. The Balaban J connectivity index is 1.78. The van der Waals surface area contributed by atoms with E-state index in [1.807, 2.05) is 11.0 Å². The predicted octanol–water partition coefficient (Wildman–Crippen LogP) is 4.56. The van der Waals surface area contributed by atoms with E-state index < -0.39 is 6.16 Å². The molecule has 26 heavy (non-hydrogen) atoms. The lowest BCUT2D eigenvalue weighted by molar-refractivity contribution is -0.128. The van der Waals surface area contributed by atoms with Crippen molar-refractivity contribution in [2.24, 2.45) is 0 Å². The predicted molar refractivity (Wildman–Crippen MR) is 98.2 cm³/mol. The maximum Gasteiger partial charge on any atom is 0.513 e. The van der Waals surface area contributed by atoms with Crippen LogP contribution in [0.3, 0.4) is 0 Å². The maximum atomic E-state index is 12.1. The Bertz CT molecular complexity index is 646. The number of nitrogens with zero attached hydrogens (tertiary/aromatic N) is 1. The lowest BCUT2D eigenvalue weighted by Crippen LogP contribution is -2.32. The van der Waals surface area contributed by atoms with Crippen LogP contribution in [0, 0.1) is 0 Å². The van der Waals surface area contributed by atoms with Crippen LogP contribution in [-0.4, -0.2) is 34.7 Å². The second kappa shape index (κ2) is 10.5. The monoisotopic (exact) mass is 361 g/mol. The fourth-order valence-corrected chi connectivity index (χ4v) is 2.99. The van der Waals surface area contributed by atoms with Gasteiger partial charge in [0.2, 0.25) is 5.91 Å². The van der Waals surface area contributed by atoms with Gasteiger partial charge in [0.15, 0.2) is 0 Å². The zero-order chi connectivity index (χ0) is 18.8. The van der Waals surface area contributed by atoms with E-state index in [1.54, 1.807) is 6.07 Å². The number of ether oxygens (including phenoxy) is 1. The van der Waals surface area contributed by atoms with E-state index in [9.17, 15) is 9.59 Å². The number of furan rings is 1. The highest BCUT2D eigenvalue weighted by atomic mass is 16.7. The van der Waals surface area contributed by atoms with Crippen LogP contribution >= 0.6 is 0 Å². The minimum atomic E-state index is -1.40. The van der Waals surface area contributed by atoms with Gasteiger partial charge in [-0.15, -0.1) is 0 Å². The number of unbranched alkanes of at least 4 members (excludes halogenated alkanes) is 2. The first kappa shape index (κ1) is 19.8. The van der Waals surface area contributed by atoms with Gasteiger partial charge in [0, 0.05) is 25.5 Å². The number of hydrogen-bond donors (Lipinski definition) is 1. The first-order chi connectivity index (χ1) is 12.6. The molecule has 0 radical (unpaired) electrons. The number of aryl methyl sites for hydroxylation is 1. The number of carbonyl (C=O) groups excluding carboxylic acids is 1. The first-order valence-corrected chi connectivity index (χ1v) is 9.22. The Kier molecular flexibility index (Phi) is 7.99. The molecule has 1 atom stereocenters. The Morgan fingerprint density at radius 1 is 1.38 bits per heavy atom. The lowest BCUT2D eigenvalue weighted by atomic mass is 10.2. The zero-order valence-corrected chi connectivity index (χ0v) is 15.2. The number of likely N-dealkylation sites (tertiary alicyclic amines) is 1. The van der Waals surface area contributed by atoms with Gasteiger partial charge in [-0.1, -0.05) is 44.1 Å². The average Bonchev–Trinajstić information content (AvgIpc) is 3.18. The molecule has 0 saturated carbocycles. The molecule has 2 heterocycles. The van der Waals surface area contributed by atoms with E-state index in [0.29, 0.717) is 25.1 Å². The number of allylic oxidation sites excluding steroid dienone is 3. The molecule has 1 saturated heterocycles. The zero-order valence-electron chi connectivity index (χ0n) is 15.2. The van der Waals surface area contributed by atoms with Crippen LogP contribution in [0.4, 0.5) is 4.79 Å². The van der Waals surface area contributed by atoms with Crippen LogP contribution in [0.25, 0.3) is 0 Å². The summed E-state index contributed by atoms with van der Waals surface area (Å²) in [5.74, 6) is 0.809. The highest BCUT2D eigenvalue weighted by molar-refractivity contribution is 5.79. The summed E-state index contributed by atoms with van der Waals surface area (Å²) < 4.78 is 9.75. The third-order valence-electron chi connectivity index (χ3n) is 4.33. The van der Waals surface area contributed by atoms with Crippen LogP contribution in [0.1, 0.15) is 51.2 Å². The van der Waals surface area contributed by atoms with Crippen LogP contribution < -0.4 is 4.74 Å². The summed E-state index contributed by atoms with van der Waals surface area (Å²) in [5.41, 5.74) is 0. The highest BCUT2D eigenvalue weighted by Crippen LogP contribution is 2.22. The number of rotatable bonds is 10. The molecule has 1 fully saturated rings. The number of carboxylic acid groups (broad SMARTS) is 1. The van der Waals surface area contributed by atoms with E-state index in [0.717, 1.165) is 19.3 Å². The normalized spacial score (nSPS) is 17.7. The van der Waals surface area contributed by atoms with Crippen molar-refractivity contribution in [1.29, 1.82) is 0 Å². The first-order valence-electron chi connectivity index (χ1n) is 9.22. The third kappa shape index (κ3) is 6.43. The summed E-state index contributed by atoms with van der Waals surface area (Å²) in [5, 5.41) is 8.55. The van der Waals surface area contributed by atoms with Gasteiger partial charge in [-0.25, -0.2) is 4.79 Å². The van der Waals surface area contributed by atoms with E-state index in [4.69, 9.17) is 9.52 Å². The topological polar surface area (TPSA) is 80.0 Å². The number of amides is 1. The van der Waals surface area contributed by atoms with Gasteiger partial charge in [-0.2, -0.15) is 0 Å². The van der Waals surface area contributed by atoms with E-state index in [-0.39, 0.29) is 17.9 Å². The highest BCUT2D eigenvalue weighted by Gasteiger charge is 2.28. The molecule has 2 rings (SSSR count). The smallest absolute Gasteiger partial charge is 0.449 e. The van der Waals surface area contributed by atoms with Crippen LogP contribution in [0.5, 0.6) is 5.95 Å². The molecule has 0 spiro atoms. The fourth-order valence-electron chi connectivity index (χ4n) is 2.99. The lowest BCUT2D eigenvalue weighted by Gasteiger charge is -2.22. The summed E-state index contributed by atoms with van der Waals surface area (Å²) >= 11 is 0. The van der Waals surface area contributed by atoms with Crippen LogP contribution in [0.2, 0.25) is 0 Å². The van der Waals surface area contributed by atoms with Crippen molar-refractivity contribution in [3.63, 3.8) is 0 Å². The summed E-state index contributed by atoms with van der Waals surface area (Å²) in [7, 11) is 0. The Labute approximate surface area is 154 Å². The van der Waals surface area contributed by atoms with Crippen molar-refractivity contribution < 1.29 is 23.8 Å². The molecule has 6 heteroatoms. The average molecular weight is 361 g/mol. The minimum Gasteiger partial charge on any atom is -0.449 e. The fraction of sp³-hybridized carbons (Fsp3) is 0.500. The van der Waals surface area contributed by atoms with E-state index in [1.165, 1.54) is 18.9 Å². The minimum absolute atomic E-state index is 0.0274. The summed E-state index contributed by atoms with van der Waals surface area (Å²) in [6, 6.07) is 3.34. The molecule has 0 bridgehead atoms. The van der Waals surface area contributed by atoms with Crippen molar-refractivity contribution in [3.05, 3.63) is 42.2 Å². The molecule has 0 unspecified atom stereocenters. The second-order valence-electron chi connectivity index (χ2n) is 6.34. The molecule has 1 N–H and O–H groups in total. The van der Waals surface area contributed by atoms with Crippen molar-refractivity contribution in [2.75, 3.05) is 6.54 Å². The van der Waals surface area contributed by atoms with Gasteiger partial charge in [0.05, 0.1) is 6.04 Å². The van der Waals surface area contributed by atoms with Crippen molar-refractivity contribution in [1.82, 2.24) is 4.90 Å². The Morgan fingerprint density at radius 3 is 3.00 bits per heavy atom. The molecule has 1 aliphatic heterocycles. The summed E-state index contributed by atoms with van der Waals surface area (Å²) in [4.78, 5) is 24.5. The summed E-state index contributed by atoms with van der Waals surface area (Å²) in [6.07, 6.45) is 13.3. The van der Waals surface area contributed by atoms with Crippen molar-refractivity contribution in [3.8, 4) is 5.95 Å². The molecule has 0 aromatic carbocycles. The van der Waals surface area contributed by atoms with E-state index >= 15 is 0 Å². The summed E-state index contributed by atoms with van der Waals surface area (Å²) in [6.45, 7) is 2.83. The molecule has 1 aromatic heterocycles. The number of carbonyl (C=O) groups is 2. The van der Waals surface area contributed by atoms with E-state index in [2.05, 4.69) is 29.9 Å². The number of hydrogen-bond acceptors (Lipinski definition) is 4. The SMILES string of the molecule is CCCC/C=C/C=C\[C@H]1CCC(=O)N1CCCc1ccc(OC(=O)O)o1. The maximum absolute atomic E-state index is 12.1. The van der Waals surface area contributed by atoms with Crippen molar-refractivity contribution >= 4 is 12.1 Å². The second-order valence-corrected chi connectivity index (χ2v) is 6.34. The largest absolute Gasteiger partial charge is 0.513 e. The molecule has 0 aliphatic carbocycles.